The molecule has 0 saturated carbocycles. The summed E-state index contributed by atoms with van der Waals surface area (Å²) in [5.74, 6) is 3.17. The predicted octanol–water partition coefficient (Wildman–Crippen LogP) is 4.76. The van der Waals surface area contributed by atoms with E-state index in [0.29, 0.717) is 36.9 Å². The summed E-state index contributed by atoms with van der Waals surface area (Å²) in [6, 6.07) is 15.9. The van der Waals surface area contributed by atoms with Crippen molar-refractivity contribution in [3.05, 3.63) is 82.1 Å². The van der Waals surface area contributed by atoms with Crippen molar-refractivity contribution in [1.29, 1.82) is 0 Å². The smallest absolute Gasteiger partial charge is 0.231 e. The maximum absolute atomic E-state index is 13.2. The molecule has 0 radical (unpaired) electrons. The monoisotopic (exact) mass is 470 g/mol. The molecule has 3 aliphatic rings. The molecule has 0 atom stereocenters. The first-order chi connectivity index (χ1) is 17.0. The van der Waals surface area contributed by atoms with Gasteiger partial charge in [0.1, 0.15) is 18.2 Å². The van der Waals surface area contributed by atoms with Crippen LogP contribution >= 0.6 is 0 Å². The lowest BCUT2D eigenvalue weighted by molar-refractivity contribution is 0.0876. The highest BCUT2D eigenvalue weighted by Gasteiger charge is 2.33. The number of allylic oxidation sites excluding steroid dienone is 1. The molecule has 0 spiro atoms. The van der Waals surface area contributed by atoms with Crippen LogP contribution in [-0.4, -0.2) is 38.3 Å². The Balaban J connectivity index is 1.23. The van der Waals surface area contributed by atoms with Crippen LogP contribution in [0.3, 0.4) is 0 Å². The fourth-order valence-electron chi connectivity index (χ4n) is 4.72. The lowest BCUT2D eigenvalue weighted by atomic mass is 9.99. The largest absolute Gasteiger partial charge is 0.477 e. The third kappa shape index (κ3) is 3.88. The molecule has 0 saturated heterocycles. The molecule has 0 N–H and O–H groups in total. The number of rotatable bonds is 4. The van der Waals surface area contributed by atoms with Gasteiger partial charge in [-0.2, -0.15) is 0 Å². The number of ether oxygens (including phenoxy) is 4. The van der Waals surface area contributed by atoms with Crippen LogP contribution in [0, 0.1) is 6.92 Å². The van der Waals surface area contributed by atoms with Crippen LogP contribution in [0.5, 0.6) is 23.0 Å². The fraction of sp³-hybridized carbons (Fsp3) is 0.250. The van der Waals surface area contributed by atoms with Gasteiger partial charge in [0.05, 0.1) is 5.56 Å². The van der Waals surface area contributed by atoms with Gasteiger partial charge in [-0.25, -0.2) is 0 Å². The molecule has 3 heterocycles. The third-order valence-electron chi connectivity index (χ3n) is 6.55. The predicted molar refractivity (Wildman–Crippen MR) is 132 cm³/mol. The molecule has 7 nitrogen and oxygen atoms in total. The Morgan fingerprint density at radius 2 is 1.77 bits per heavy atom. The SMILES string of the molecule is Cc1c2c(cc3c1O/C(=C\c1ccc(N(C)C)cc1)C3=O)CN(Cc1ccc3c(c1)OCO3)CO2. The second kappa shape index (κ2) is 8.36. The van der Waals surface area contributed by atoms with Crippen molar-refractivity contribution in [1.82, 2.24) is 4.90 Å². The van der Waals surface area contributed by atoms with Crippen molar-refractivity contribution in [3.63, 3.8) is 0 Å². The number of hydrogen-bond donors (Lipinski definition) is 0. The van der Waals surface area contributed by atoms with Crippen LogP contribution in [0.15, 0.2) is 54.3 Å². The summed E-state index contributed by atoms with van der Waals surface area (Å²) >= 11 is 0. The number of nitrogens with zero attached hydrogens (tertiary/aromatic N) is 2. The lowest BCUT2D eigenvalue weighted by Crippen LogP contribution is -2.32. The molecule has 35 heavy (non-hydrogen) atoms. The number of benzene rings is 3. The summed E-state index contributed by atoms with van der Waals surface area (Å²) in [7, 11) is 3.99. The van der Waals surface area contributed by atoms with Crippen molar-refractivity contribution in [3.8, 4) is 23.0 Å². The molecule has 6 rings (SSSR count). The maximum Gasteiger partial charge on any atom is 0.231 e. The molecule has 0 aliphatic carbocycles. The molecular formula is C28H26N2O5. The summed E-state index contributed by atoms with van der Waals surface area (Å²) in [5, 5.41) is 0. The van der Waals surface area contributed by atoms with Gasteiger partial charge in [-0.05, 0) is 54.5 Å². The van der Waals surface area contributed by atoms with Gasteiger partial charge < -0.3 is 23.8 Å². The minimum absolute atomic E-state index is 0.101. The Morgan fingerprint density at radius 3 is 2.57 bits per heavy atom. The summed E-state index contributed by atoms with van der Waals surface area (Å²) < 4.78 is 23.1. The molecule has 3 aliphatic heterocycles. The molecule has 0 amide bonds. The number of fused-ring (bicyclic) bond motifs is 3. The first-order valence-electron chi connectivity index (χ1n) is 11.6. The first-order valence-corrected chi connectivity index (χ1v) is 11.6. The molecule has 3 aromatic rings. The van der Waals surface area contributed by atoms with Gasteiger partial charge in [0, 0.05) is 44.0 Å². The minimum Gasteiger partial charge on any atom is -0.477 e. The van der Waals surface area contributed by atoms with Crippen molar-refractivity contribution < 1.29 is 23.7 Å². The quantitative estimate of drug-likeness (QED) is 0.510. The van der Waals surface area contributed by atoms with Crippen molar-refractivity contribution in [2.45, 2.75) is 20.0 Å². The zero-order valence-electron chi connectivity index (χ0n) is 20.0. The first kappa shape index (κ1) is 21.6. The van der Waals surface area contributed by atoms with Crippen LogP contribution in [0.4, 0.5) is 5.69 Å². The van der Waals surface area contributed by atoms with Gasteiger partial charge in [-0.15, -0.1) is 0 Å². The van der Waals surface area contributed by atoms with Crippen LogP contribution in [0.1, 0.15) is 32.6 Å². The molecular weight excluding hydrogens is 444 g/mol. The van der Waals surface area contributed by atoms with E-state index in [0.717, 1.165) is 45.2 Å². The second-order valence-corrected chi connectivity index (χ2v) is 9.24. The fourth-order valence-corrected chi connectivity index (χ4v) is 4.72. The molecule has 0 aromatic heterocycles. The summed E-state index contributed by atoms with van der Waals surface area (Å²) in [5.41, 5.74) is 5.57. The third-order valence-corrected chi connectivity index (χ3v) is 6.55. The van der Waals surface area contributed by atoms with Gasteiger partial charge in [0.2, 0.25) is 12.6 Å². The Hall–Kier alpha value is -3.97. The molecule has 0 unspecified atom stereocenters. The van der Waals surface area contributed by atoms with Crippen molar-refractivity contribution in [2.75, 3.05) is 32.5 Å². The summed E-state index contributed by atoms with van der Waals surface area (Å²) in [6.45, 7) is 4.04. The van der Waals surface area contributed by atoms with Crippen LogP contribution in [-0.2, 0) is 13.1 Å². The van der Waals surface area contributed by atoms with E-state index in [1.165, 1.54) is 0 Å². The van der Waals surface area contributed by atoms with Crippen LogP contribution in [0.25, 0.3) is 6.08 Å². The zero-order chi connectivity index (χ0) is 24.1. The normalized spacial score (nSPS) is 17.1. The highest BCUT2D eigenvalue weighted by Crippen LogP contribution is 2.43. The van der Waals surface area contributed by atoms with Gasteiger partial charge in [0.15, 0.2) is 17.3 Å². The number of anilines is 1. The highest BCUT2D eigenvalue weighted by molar-refractivity contribution is 6.15. The number of carbonyl (C=O) groups is 1. The Kier molecular flexibility index (Phi) is 5.15. The zero-order valence-corrected chi connectivity index (χ0v) is 20.0. The van der Waals surface area contributed by atoms with Crippen LogP contribution < -0.4 is 23.8 Å². The molecule has 0 fully saturated rings. The highest BCUT2D eigenvalue weighted by atomic mass is 16.7. The molecule has 7 heteroatoms. The van der Waals surface area contributed by atoms with Crippen LogP contribution in [0.2, 0.25) is 0 Å². The van der Waals surface area contributed by atoms with Gasteiger partial charge >= 0.3 is 0 Å². The average Bonchev–Trinajstić information content (AvgIpc) is 3.44. The number of carbonyl (C=O) groups excluding carboxylic acids is 1. The molecule has 3 aromatic carbocycles. The van der Waals surface area contributed by atoms with Crippen molar-refractivity contribution in [2.24, 2.45) is 0 Å². The van der Waals surface area contributed by atoms with E-state index in [2.05, 4.69) is 4.90 Å². The second-order valence-electron chi connectivity index (χ2n) is 9.24. The maximum atomic E-state index is 13.2. The van der Waals surface area contributed by atoms with E-state index in [1.54, 1.807) is 6.08 Å². The lowest BCUT2D eigenvalue weighted by Gasteiger charge is -2.30. The number of Topliss-reactive ketones (excluding diaryl/α,β-unsaturated/α-hetero) is 1. The van der Waals surface area contributed by atoms with E-state index >= 15 is 0 Å². The standard InChI is InChI=1S/C28H26N2O5/c1-17-27-20(14-30(15-32-27)13-19-6-9-23-24(11-19)34-16-33-23)12-22-26(31)25(35-28(17)22)10-18-4-7-21(8-5-18)29(2)3/h4-12H,13-16H2,1-3H3/b25-10-. The van der Waals surface area contributed by atoms with Gasteiger partial charge in [-0.3, -0.25) is 9.69 Å². The Labute approximate surface area is 204 Å². The number of hydrogen-bond acceptors (Lipinski definition) is 7. The Morgan fingerprint density at radius 1 is 0.971 bits per heavy atom. The average molecular weight is 471 g/mol. The van der Waals surface area contributed by atoms with E-state index in [1.807, 2.05) is 74.4 Å². The van der Waals surface area contributed by atoms with E-state index in [-0.39, 0.29) is 12.6 Å². The Bertz CT molecular complexity index is 1360. The molecule has 0 bridgehead atoms. The topological polar surface area (TPSA) is 60.5 Å². The van der Waals surface area contributed by atoms with Gasteiger partial charge in [0.25, 0.3) is 0 Å². The van der Waals surface area contributed by atoms with Gasteiger partial charge in [-0.1, -0.05) is 18.2 Å². The van der Waals surface area contributed by atoms with E-state index in [9.17, 15) is 4.79 Å². The molecule has 178 valence electrons. The minimum atomic E-state index is -0.101. The van der Waals surface area contributed by atoms with E-state index in [4.69, 9.17) is 18.9 Å². The van der Waals surface area contributed by atoms with E-state index < -0.39 is 0 Å². The number of ketones is 1. The summed E-state index contributed by atoms with van der Waals surface area (Å²) in [4.78, 5) is 17.4. The summed E-state index contributed by atoms with van der Waals surface area (Å²) in [6.07, 6.45) is 1.80. The van der Waals surface area contributed by atoms with Crippen molar-refractivity contribution >= 4 is 17.5 Å².